The molecule has 1 aromatic carbocycles. The lowest BCUT2D eigenvalue weighted by atomic mass is 9.80. The molecule has 2 N–H and O–H groups in total. The number of aryl methyl sites for hydroxylation is 1. The van der Waals surface area contributed by atoms with Gasteiger partial charge in [0.05, 0.1) is 12.0 Å². The highest BCUT2D eigenvalue weighted by Gasteiger charge is 2.30. The number of hydrogen-bond donors (Lipinski definition) is 2. The van der Waals surface area contributed by atoms with Gasteiger partial charge in [0.2, 0.25) is 0 Å². The minimum absolute atomic E-state index is 0.325. The molecule has 0 aromatic heterocycles. The maximum atomic E-state index is 10.9. The van der Waals surface area contributed by atoms with Crippen LogP contribution in [0.25, 0.3) is 0 Å². The molecular formula is C12H14O3. The van der Waals surface area contributed by atoms with Crippen LogP contribution in [0.5, 0.6) is 0 Å². The number of carboxylic acids is 1. The van der Waals surface area contributed by atoms with Crippen molar-refractivity contribution >= 4 is 5.97 Å². The number of aliphatic carboxylic acids is 1. The summed E-state index contributed by atoms with van der Waals surface area (Å²) in [5, 5.41) is 18.8. The fraction of sp³-hybridized carbons (Fsp3) is 0.417. The van der Waals surface area contributed by atoms with E-state index in [2.05, 4.69) is 0 Å². The van der Waals surface area contributed by atoms with E-state index in [1.165, 1.54) is 0 Å². The van der Waals surface area contributed by atoms with Gasteiger partial charge < -0.3 is 10.2 Å². The zero-order chi connectivity index (χ0) is 11.0. The highest BCUT2D eigenvalue weighted by molar-refractivity contribution is 5.71. The molecule has 3 nitrogen and oxygen atoms in total. The molecule has 0 heterocycles. The van der Waals surface area contributed by atoms with E-state index in [0.29, 0.717) is 12.8 Å². The Morgan fingerprint density at radius 3 is 2.87 bits per heavy atom. The van der Waals surface area contributed by atoms with Crippen LogP contribution in [0, 0.1) is 12.8 Å². The van der Waals surface area contributed by atoms with Crippen molar-refractivity contribution in [3.63, 3.8) is 0 Å². The van der Waals surface area contributed by atoms with Gasteiger partial charge in [0.15, 0.2) is 0 Å². The third-order valence-corrected chi connectivity index (χ3v) is 3.11. The van der Waals surface area contributed by atoms with Crippen molar-refractivity contribution in [1.82, 2.24) is 0 Å². The van der Waals surface area contributed by atoms with Crippen LogP contribution >= 0.6 is 0 Å². The van der Waals surface area contributed by atoms with Crippen molar-refractivity contribution in [2.45, 2.75) is 25.9 Å². The second-order valence-electron chi connectivity index (χ2n) is 4.13. The Hall–Kier alpha value is -1.35. The van der Waals surface area contributed by atoms with Gasteiger partial charge in [-0.15, -0.1) is 0 Å². The number of benzene rings is 1. The number of carbonyl (C=O) groups is 1. The summed E-state index contributed by atoms with van der Waals surface area (Å²) in [4.78, 5) is 10.9. The molecule has 0 saturated carbocycles. The van der Waals surface area contributed by atoms with Gasteiger partial charge in [-0.1, -0.05) is 18.2 Å². The van der Waals surface area contributed by atoms with E-state index in [0.717, 1.165) is 16.7 Å². The van der Waals surface area contributed by atoms with E-state index < -0.39 is 18.0 Å². The van der Waals surface area contributed by atoms with Crippen molar-refractivity contribution in [2.24, 2.45) is 5.92 Å². The Morgan fingerprint density at radius 1 is 1.47 bits per heavy atom. The van der Waals surface area contributed by atoms with Gasteiger partial charge in [0.25, 0.3) is 0 Å². The minimum atomic E-state index is -0.817. The van der Waals surface area contributed by atoms with Gasteiger partial charge in [-0.3, -0.25) is 4.79 Å². The number of aliphatic hydroxyl groups excluding tert-OH is 1. The third kappa shape index (κ3) is 1.75. The van der Waals surface area contributed by atoms with E-state index >= 15 is 0 Å². The molecule has 0 aliphatic heterocycles. The molecule has 15 heavy (non-hydrogen) atoms. The molecule has 0 amide bonds. The first-order valence-electron chi connectivity index (χ1n) is 5.09. The molecule has 0 spiro atoms. The number of fused-ring (bicyclic) bond motifs is 1. The Bertz CT molecular complexity index is 398. The van der Waals surface area contributed by atoms with Crippen LogP contribution in [0.3, 0.4) is 0 Å². The fourth-order valence-electron chi connectivity index (χ4n) is 2.23. The van der Waals surface area contributed by atoms with E-state index in [4.69, 9.17) is 5.11 Å². The Morgan fingerprint density at radius 2 is 2.20 bits per heavy atom. The average molecular weight is 206 g/mol. The van der Waals surface area contributed by atoms with Gasteiger partial charge in [-0.05, 0) is 36.5 Å². The number of aliphatic hydroxyl groups is 1. The lowest BCUT2D eigenvalue weighted by molar-refractivity contribution is -0.143. The van der Waals surface area contributed by atoms with Gasteiger partial charge in [-0.2, -0.15) is 0 Å². The fourth-order valence-corrected chi connectivity index (χ4v) is 2.23. The minimum Gasteiger partial charge on any atom is -0.481 e. The first kappa shape index (κ1) is 10.2. The van der Waals surface area contributed by atoms with Crippen molar-refractivity contribution in [3.05, 3.63) is 34.9 Å². The molecule has 1 aromatic rings. The largest absolute Gasteiger partial charge is 0.481 e. The zero-order valence-corrected chi connectivity index (χ0v) is 8.60. The topological polar surface area (TPSA) is 57.5 Å². The molecule has 0 radical (unpaired) electrons. The molecule has 2 rings (SSSR count). The lowest BCUT2D eigenvalue weighted by Gasteiger charge is -2.27. The third-order valence-electron chi connectivity index (χ3n) is 3.11. The second kappa shape index (κ2) is 3.66. The lowest BCUT2D eigenvalue weighted by Crippen LogP contribution is -2.25. The first-order chi connectivity index (χ1) is 7.09. The van der Waals surface area contributed by atoms with Crippen LogP contribution in [-0.2, 0) is 11.2 Å². The molecule has 0 saturated heterocycles. The summed E-state index contributed by atoms with van der Waals surface area (Å²) in [5.74, 6) is -1.27. The monoisotopic (exact) mass is 206 g/mol. The highest BCUT2D eigenvalue weighted by Crippen LogP contribution is 2.34. The summed E-state index contributed by atoms with van der Waals surface area (Å²) < 4.78 is 0. The molecular weight excluding hydrogens is 192 g/mol. The molecule has 3 heteroatoms. The van der Waals surface area contributed by atoms with Gasteiger partial charge in [-0.25, -0.2) is 0 Å². The zero-order valence-electron chi connectivity index (χ0n) is 8.60. The highest BCUT2D eigenvalue weighted by atomic mass is 16.4. The molecule has 1 aliphatic carbocycles. The molecule has 0 fully saturated rings. The molecule has 2 unspecified atom stereocenters. The molecule has 0 bridgehead atoms. The quantitative estimate of drug-likeness (QED) is 0.735. The van der Waals surface area contributed by atoms with Gasteiger partial charge in [0, 0.05) is 0 Å². The summed E-state index contributed by atoms with van der Waals surface area (Å²) in [5.41, 5.74) is 2.97. The summed E-state index contributed by atoms with van der Waals surface area (Å²) in [6.07, 6.45) is 0.231. The molecule has 1 aliphatic rings. The average Bonchev–Trinajstić information content (AvgIpc) is 2.19. The number of hydrogen-bond acceptors (Lipinski definition) is 2. The van der Waals surface area contributed by atoms with Crippen LogP contribution in [0.15, 0.2) is 18.2 Å². The van der Waals surface area contributed by atoms with E-state index in [1.807, 2.05) is 25.1 Å². The smallest absolute Gasteiger partial charge is 0.306 e. The SMILES string of the molecule is Cc1cccc2c1CC(C(=O)O)CC2O. The predicted molar refractivity (Wildman–Crippen MR) is 55.6 cm³/mol. The van der Waals surface area contributed by atoms with Crippen LogP contribution in [0.4, 0.5) is 0 Å². The maximum absolute atomic E-state index is 10.9. The first-order valence-corrected chi connectivity index (χ1v) is 5.09. The predicted octanol–water partition coefficient (Wildman–Crippen LogP) is 1.68. The van der Waals surface area contributed by atoms with Gasteiger partial charge >= 0.3 is 5.97 Å². The van der Waals surface area contributed by atoms with E-state index in [1.54, 1.807) is 0 Å². The number of carboxylic acid groups (broad SMARTS) is 1. The summed E-state index contributed by atoms with van der Waals surface area (Å²) in [7, 11) is 0. The normalized spacial score (nSPS) is 24.7. The van der Waals surface area contributed by atoms with Crippen LogP contribution in [-0.4, -0.2) is 16.2 Å². The molecule has 80 valence electrons. The van der Waals surface area contributed by atoms with Crippen molar-refractivity contribution in [1.29, 1.82) is 0 Å². The van der Waals surface area contributed by atoms with E-state index in [-0.39, 0.29) is 0 Å². The van der Waals surface area contributed by atoms with Crippen LogP contribution in [0.1, 0.15) is 29.2 Å². The summed E-state index contributed by atoms with van der Waals surface area (Å²) >= 11 is 0. The Labute approximate surface area is 88.4 Å². The number of rotatable bonds is 1. The summed E-state index contributed by atoms with van der Waals surface area (Å²) in [6.45, 7) is 1.95. The Balaban J connectivity index is 2.41. The molecule has 2 atom stereocenters. The standard InChI is InChI=1S/C12H14O3/c1-7-3-2-4-9-10(7)5-8(12(14)15)6-11(9)13/h2-4,8,11,13H,5-6H2,1H3,(H,14,15). The van der Waals surface area contributed by atoms with Crippen molar-refractivity contribution in [3.8, 4) is 0 Å². The van der Waals surface area contributed by atoms with Crippen LogP contribution < -0.4 is 0 Å². The van der Waals surface area contributed by atoms with Gasteiger partial charge in [0.1, 0.15) is 0 Å². The van der Waals surface area contributed by atoms with Crippen molar-refractivity contribution in [2.75, 3.05) is 0 Å². The van der Waals surface area contributed by atoms with E-state index in [9.17, 15) is 9.90 Å². The maximum Gasteiger partial charge on any atom is 0.306 e. The second-order valence-corrected chi connectivity index (χ2v) is 4.13. The van der Waals surface area contributed by atoms with Crippen LogP contribution in [0.2, 0.25) is 0 Å². The Kier molecular flexibility index (Phi) is 2.49. The summed E-state index contributed by atoms with van der Waals surface area (Å²) in [6, 6.07) is 5.74. The van der Waals surface area contributed by atoms with Crippen molar-refractivity contribution < 1.29 is 15.0 Å².